The van der Waals surface area contributed by atoms with Gasteiger partial charge in [0, 0.05) is 17.5 Å². The number of rotatable bonds is 3. The summed E-state index contributed by atoms with van der Waals surface area (Å²) in [4.78, 5) is 9.09. The smallest absolute Gasteiger partial charge is 0.134 e. The van der Waals surface area contributed by atoms with Crippen LogP contribution in [0.5, 0.6) is 0 Å². The SMILES string of the molecule is Nc1cc(-c2cccc(C3CCC3)c2)nc(C2CC2)n1. The van der Waals surface area contributed by atoms with Crippen LogP contribution in [0.15, 0.2) is 30.3 Å². The van der Waals surface area contributed by atoms with Gasteiger partial charge >= 0.3 is 0 Å². The summed E-state index contributed by atoms with van der Waals surface area (Å²) in [5.41, 5.74) is 9.53. The second-order valence-electron chi connectivity index (χ2n) is 6.06. The summed E-state index contributed by atoms with van der Waals surface area (Å²) in [6, 6.07) is 10.7. The molecule has 2 aliphatic rings. The fourth-order valence-corrected chi connectivity index (χ4v) is 2.85. The molecule has 0 amide bonds. The molecule has 2 aromatic rings. The topological polar surface area (TPSA) is 51.8 Å². The molecule has 4 rings (SSSR count). The van der Waals surface area contributed by atoms with Crippen molar-refractivity contribution in [2.45, 2.75) is 43.9 Å². The van der Waals surface area contributed by atoms with Gasteiger partial charge in [-0.25, -0.2) is 9.97 Å². The van der Waals surface area contributed by atoms with Crippen LogP contribution in [0.3, 0.4) is 0 Å². The molecule has 0 unspecified atom stereocenters. The molecule has 2 saturated carbocycles. The van der Waals surface area contributed by atoms with Crippen molar-refractivity contribution in [3.05, 3.63) is 41.7 Å². The zero-order valence-corrected chi connectivity index (χ0v) is 11.5. The molecule has 102 valence electrons. The van der Waals surface area contributed by atoms with E-state index in [2.05, 4.69) is 29.2 Å². The molecular formula is C17H19N3. The van der Waals surface area contributed by atoms with Gasteiger partial charge in [0.2, 0.25) is 0 Å². The highest BCUT2D eigenvalue weighted by molar-refractivity contribution is 5.63. The van der Waals surface area contributed by atoms with Crippen molar-refractivity contribution in [3.8, 4) is 11.3 Å². The first-order valence-corrected chi connectivity index (χ1v) is 7.54. The van der Waals surface area contributed by atoms with Crippen LogP contribution in [-0.2, 0) is 0 Å². The summed E-state index contributed by atoms with van der Waals surface area (Å²) in [7, 11) is 0. The van der Waals surface area contributed by atoms with Crippen LogP contribution in [0.25, 0.3) is 11.3 Å². The first kappa shape index (κ1) is 11.9. The molecule has 2 fully saturated rings. The summed E-state index contributed by atoms with van der Waals surface area (Å²) in [5, 5.41) is 0. The Balaban J connectivity index is 1.72. The lowest BCUT2D eigenvalue weighted by molar-refractivity contribution is 0.420. The van der Waals surface area contributed by atoms with E-state index in [9.17, 15) is 0 Å². The van der Waals surface area contributed by atoms with Gasteiger partial charge in [0.15, 0.2) is 0 Å². The first-order chi connectivity index (χ1) is 9.79. The van der Waals surface area contributed by atoms with Crippen molar-refractivity contribution in [3.63, 3.8) is 0 Å². The van der Waals surface area contributed by atoms with Crippen molar-refractivity contribution in [2.24, 2.45) is 0 Å². The number of aromatic nitrogens is 2. The second kappa shape index (κ2) is 4.58. The van der Waals surface area contributed by atoms with Gasteiger partial charge in [0.05, 0.1) is 5.69 Å². The largest absolute Gasteiger partial charge is 0.384 e. The number of hydrogen-bond donors (Lipinski definition) is 1. The third-order valence-electron chi connectivity index (χ3n) is 4.46. The van der Waals surface area contributed by atoms with Gasteiger partial charge < -0.3 is 5.73 Å². The minimum atomic E-state index is 0.534. The molecule has 0 radical (unpaired) electrons. The third-order valence-corrected chi connectivity index (χ3v) is 4.46. The summed E-state index contributed by atoms with van der Waals surface area (Å²) >= 11 is 0. The minimum Gasteiger partial charge on any atom is -0.384 e. The van der Waals surface area contributed by atoms with Crippen LogP contribution in [0.2, 0.25) is 0 Å². The molecule has 0 spiro atoms. The standard InChI is InChI=1S/C17H19N3/c18-16-10-15(19-17(20-16)12-7-8-12)14-6-2-5-13(9-14)11-3-1-4-11/h2,5-6,9-12H,1,3-4,7-8H2,(H2,18,19,20). The molecule has 1 heterocycles. The van der Waals surface area contributed by atoms with E-state index in [1.165, 1.54) is 43.2 Å². The lowest BCUT2D eigenvalue weighted by Gasteiger charge is -2.26. The fraction of sp³-hybridized carbons (Fsp3) is 0.412. The first-order valence-electron chi connectivity index (χ1n) is 7.54. The summed E-state index contributed by atoms with van der Waals surface area (Å²) < 4.78 is 0. The van der Waals surface area contributed by atoms with E-state index < -0.39 is 0 Å². The van der Waals surface area contributed by atoms with Crippen LogP contribution in [-0.4, -0.2) is 9.97 Å². The molecule has 0 saturated heterocycles. The van der Waals surface area contributed by atoms with E-state index in [-0.39, 0.29) is 0 Å². The Morgan fingerprint density at radius 1 is 0.950 bits per heavy atom. The van der Waals surface area contributed by atoms with Crippen LogP contribution in [0.1, 0.15) is 55.3 Å². The molecule has 1 aromatic heterocycles. The van der Waals surface area contributed by atoms with Gasteiger partial charge in [-0.05, 0) is 43.2 Å². The zero-order chi connectivity index (χ0) is 13.5. The van der Waals surface area contributed by atoms with Gasteiger partial charge in [-0.3, -0.25) is 0 Å². The Kier molecular flexibility index (Phi) is 2.72. The molecule has 3 nitrogen and oxygen atoms in total. The summed E-state index contributed by atoms with van der Waals surface area (Å²) in [5.74, 6) is 2.80. The van der Waals surface area contributed by atoms with E-state index in [1.807, 2.05) is 6.07 Å². The molecule has 0 aliphatic heterocycles. The van der Waals surface area contributed by atoms with Gasteiger partial charge in [0.1, 0.15) is 11.6 Å². The highest BCUT2D eigenvalue weighted by Gasteiger charge is 2.27. The van der Waals surface area contributed by atoms with Crippen molar-refractivity contribution in [1.29, 1.82) is 0 Å². The monoisotopic (exact) mass is 265 g/mol. The maximum atomic E-state index is 5.95. The second-order valence-corrected chi connectivity index (χ2v) is 6.06. The highest BCUT2D eigenvalue weighted by Crippen LogP contribution is 2.40. The van der Waals surface area contributed by atoms with Crippen molar-refractivity contribution in [2.75, 3.05) is 5.73 Å². The molecule has 20 heavy (non-hydrogen) atoms. The van der Waals surface area contributed by atoms with Crippen LogP contribution in [0.4, 0.5) is 5.82 Å². The Labute approximate surface area is 119 Å². The zero-order valence-electron chi connectivity index (χ0n) is 11.5. The average Bonchev–Trinajstić information content (AvgIpc) is 3.20. The number of nitrogens with zero attached hydrogens (tertiary/aromatic N) is 2. The van der Waals surface area contributed by atoms with Crippen molar-refractivity contribution >= 4 is 5.82 Å². The normalized spacial score (nSPS) is 18.8. The molecule has 1 aromatic carbocycles. The van der Waals surface area contributed by atoms with E-state index in [1.54, 1.807) is 0 Å². The highest BCUT2D eigenvalue weighted by atomic mass is 15.0. The molecule has 0 atom stereocenters. The van der Waals surface area contributed by atoms with E-state index in [0.29, 0.717) is 11.7 Å². The number of nitrogens with two attached hydrogens (primary N) is 1. The van der Waals surface area contributed by atoms with Gasteiger partial charge in [-0.15, -0.1) is 0 Å². The minimum absolute atomic E-state index is 0.534. The number of benzene rings is 1. The molecule has 0 bridgehead atoms. The molecule has 2 aliphatic carbocycles. The van der Waals surface area contributed by atoms with E-state index in [0.717, 1.165) is 17.4 Å². The third kappa shape index (κ3) is 2.17. The molecule has 3 heteroatoms. The van der Waals surface area contributed by atoms with E-state index in [4.69, 9.17) is 10.7 Å². The predicted molar refractivity (Wildman–Crippen MR) is 80.4 cm³/mol. The van der Waals surface area contributed by atoms with Crippen molar-refractivity contribution < 1.29 is 0 Å². The van der Waals surface area contributed by atoms with Crippen LogP contribution in [0, 0.1) is 0 Å². The number of nitrogen functional groups attached to an aromatic ring is 1. The van der Waals surface area contributed by atoms with Gasteiger partial charge in [-0.2, -0.15) is 0 Å². The summed E-state index contributed by atoms with van der Waals surface area (Å²) in [6.07, 6.45) is 6.41. The van der Waals surface area contributed by atoms with Crippen LogP contribution < -0.4 is 5.73 Å². The Morgan fingerprint density at radius 3 is 2.50 bits per heavy atom. The quantitative estimate of drug-likeness (QED) is 0.916. The fourth-order valence-electron chi connectivity index (χ4n) is 2.85. The Morgan fingerprint density at radius 2 is 1.80 bits per heavy atom. The predicted octanol–water partition coefficient (Wildman–Crippen LogP) is 3.87. The maximum Gasteiger partial charge on any atom is 0.134 e. The van der Waals surface area contributed by atoms with Crippen LogP contribution >= 0.6 is 0 Å². The molecular weight excluding hydrogens is 246 g/mol. The lowest BCUT2D eigenvalue weighted by atomic mass is 9.79. The van der Waals surface area contributed by atoms with Crippen molar-refractivity contribution in [1.82, 2.24) is 9.97 Å². The lowest BCUT2D eigenvalue weighted by Crippen LogP contribution is -2.08. The van der Waals surface area contributed by atoms with Gasteiger partial charge in [0.25, 0.3) is 0 Å². The Hall–Kier alpha value is -1.90. The number of anilines is 1. The summed E-state index contributed by atoms with van der Waals surface area (Å²) in [6.45, 7) is 0. The van der Waals surface area contributed by atoms with Gasteiger partial charge in [-0.1, -0.05) is 24.6 Å². The average molecular weight is 265 g/mol. The molecule has 2 N–H and O–H groups in total. The maximum absolute atomic E-state index is 5.95. The van der Waals surface area contributed by atoms with E-state index >= 15 is 0 Å². The Bertz CT molecular complexity index is 642. The number of hydrogen-bond acceptors (Lipinski definition) is 3.